The molecular formula is C20H29N7O. The zero-order valence-corrected chi connectivity index (χ0v) is 16.9. The number of piperazine rings is 1. The number of nitrogens with one attached hydrogen (secondary N) is 2. The van der Waals surface area contributed by atoms with Crippen LogP contribution in [0.15, 0.2) is 36.7 Å². The first kappa shape index (κ1) is 20.0. The molecule has 0 unspecified atom stereocenters. The molecule has 1 aromatic heterocycles. The number of hydrogen-bond donors (Lipinski definition) is 2. The summed E-state index contributed by atoms with van der Waals surface area (Å²) in [5.74, 6) is 0.398. The van der Waals surface area contributed by atoms with E-state index in [0.717, 1.165) is 45.0 Å². The third-order valence-electron chi connectivity index (χ3n) is 4.74. The first-order valence-electron chi connectivity index (χ1n) is 9.57. The number of carbonyl (C=O) groups is 1. The van der Waals surface area contributed by atoms with Crippen LogP contribution in [0.25, 0.3) is 0 Å². The van der Waals surface area contributed by atoms with Gasteiger partial charge >= 0.3 is 0 Å². The highest BCUT2D eigenvalue weighted by Crippen LogP contribution is 2.19. The van der Waals surface area contributed by atoms with E-state index >= 15 is 0 Å². The predicted molar refractivity (Wildman–Crippen MR) is 113 cm³/mol. The van der Waals surface area contributed by atoms with Gasteiger partial charge in [0, 0.05) is 50.6 Å². The molecule has 150 valence electrons. The Hall–Kier alpha value is -2.71. The van der Waals surface area contributed by atoms with Crippen LogP contribution >= 0.6 is 0 Å². The summed E-state index contributed by atoms with van der Waals surface area (Å²) in [4.78, 5) is 27.6. The van der Waals surface area contributed by atoms with Crippen LogP contribution in [0.3, 0.4) is 0 Å². The molecule has 1 aliphatic heterocycles. The Kier molecular flexibility index (Phi) is 6.78. The second-order valence-corrected chi connectivity index (χ2v) is 7.31. The van der Waals surface area contributed by atoms with Gasteiger partial charge < -0.3 is 25.3 Å². The second kappa shape index (κ2) is 9.48. The van der Waals surface area contributed by atoms with Crippen molar-refractivity contribution in [2.24, 2.45) is 0 Å². The van der Waals surface area contributed by atoms with Gasteiger partial charge in [0.25, 0.3) is 5.91 Å². The molecule has 1 amide bonds. The van der Waals surface area contributed by atoms with E-state index in [4.69, 9.17) is 0 Å². The van der Waals surface area contributed by atoms with Crippen molar-refractivity contribution in [3.8, 4) is 0 Å². The normalized spacial score (nSPS) is 14.9. The molecule has 0 saturated carbocycles. The van der Waals surface area contributed by atoms with E-state index in [9.17, 15) is 4.79 Å². The molecule has 1 saturated heterocycles. The number of aromatic nitrogens is 2. The number of amides is 1. The van der Waals surface area contributed by atoms with Gasteiger partial charge in [-0.3, -0.25) is 4.79 Å². The predicted octanol–water partition coefficient (Wildman–Crippen LogP) is 1.45. The SMILES string of the molecule is CN(C)CCNc1cnc(C(=O)Nc2ccc(N3CCN(C)CC3)cc2)cn1. The summed E-state index contributed by atoms with van der Waals surface area (Å²) < 4.78 is 0. The van der Waals surface area contributed by atoms with Crippen molar-refractivity contribution in [3.63, 3.8) is 0 Å². The van der Waals surface area contributed by atoms with Crippen LogP contribution in [-0.2, 0) is 0 Å². The quantitative estimate of drug-likeness (QED) is 0.749. The Morgan fingerprint density at radius 3 is 2.39 bits per heavy atom. The van der Waals surface area contributed by atoms with Crippen LogP contribution in [0.2, 0.25) is 0 Å². The maximum atomic E-state index is 12.4. The molecule has 3 rings (SSSR count). The lowest BCUT2D eigenvalue weighted by atomic mass is 10.2. The fourth-order valence-electron chi connectivity index (χ4n) is 2.96. The number of benzene rings is 1. The molecular weight excluding hydrogens is 354 g/mol. The topological polar surface area (TPSA) is 76.6 Å². The van der Waals surface area contributed by atoms with Gasteiger partial charge in [-0.25, -0.2) is 9.97 Å². The lowest BCUT2D eigenvalue weighted by Crippen LogP contribution is -2.44. The molecule has 2 aromatic rings. The van der Waals surface area contributed by atoms with Gasteiger partial charge in [0.15, 0.2) is 0 Å². The van der Waals surface area contributed by atoms with Gasteiger partial charge in [0.2, 0.25) is 0 Å². The first-order valence-corrected chi connectivity index (χ1v) is 9.57. The molecule has 8 heteroatoms. The summed E-state index contributed by atoms with van der Waals surface area (Å²) in [5.41, 5.74) is 2.22. The van der Waals surface area contributed by atoms with Crippen molar-refractivity contribution < 1.29 is 4.79 Å². The minimum Gasteiger partial charge on any atom is -0.369 e. The Balaban J connectivity index is 1.52. The minimum absolute atomic E-state index is 0.264. The highest BCUT2D eigenvalue weighted by molar-refractivity contribution is 6.02. The number of hydrogen-bond acceptors (Lipinski definition) is 7. The monoisotopic (exact) mass is 383 g/mol. The average molecular weight is 384 g/mol. The number of carbonyl (C=O) groups excluding carboxylic acids is 1. The second-order valence-electron chi connectivity index (χ2n) is 7.31. The Morgan fingerprint density at radius 2 is 1.79 bits per heavy atom. The lowest BCUT2D eigenvalue weighted by Gasteiger charge is -2.34. The summed E-state index contributed by atoms with van der Waals surface area (Å²) in [6.45, 7) is 5.84. The molecule has 2 N–H and O–H groups in total. The van der Waals surface area contributed by atoms with Gasteiger partial charge in [-0.05, 0) is 45.4 Å². The Bertz CT molecular complexity index is 753. The molecule has 0 aliphatic carbocycles. The van der Waals surface area contributed by atoms with Crippen molar-refractivity contribution in [1.82, 2.24) is 19.8 Å². The van der Waals surface area contributed by atoms with E-state index in [1.54, 1.807) is 6.20 Å². The maximum absolute atomic E-state index is 12.4. The molecule has 1 fully saturated rings. The molecule has 8 nitrogen and oxygen atoms in total. The Labute approximate surface area is 166 Å². The zero-order valence-electron chi connectivity index (χ0n) is 16.9. The van der Waals surface area contributed by atoms with Gasteiger partial charge in [-0.2, -0.15) is 0 Å². The van der Waals surface area contributed by atoms with E-state index in [2.05, 4.69) is 42.3 Å². The highest BCUT2D eigenvalue weighted by Gasteiger charge is 2.14. The van der Waals surface area contributed by atoms with Crippen molar-refractivity contribution in [3.05, 3.63) is 42.4 Å². The zero-order chi connectivity index (χ0) is 19.9. The van der Waals surface area contributed by atoms with Crippen molar-refractivity contribution in [2.75, 3.05) is 75.9 Å². The third-order valence-corrected chi connectivity index (χ3v) is 4.74. The van der Waals surface area contributed by atoms with Crippen LogP contribution in [0.5, 0.6) is 0 Å². The van der Waals surface area contributed by atoms with Gasteiger partial charge in [-0.15, -0.1) is 0 Å². The maximum Gasteiger partial charge on any atom is 0.275 e. The first-order chi connectivity index (χ1) is 13.5. The lowest BCUT2D eigenvalue weighted by molar-refractivity contribution is 0.102. The molecule has 1 aliphatic rings. The number of rotatable bonds is 7. The summed E-state index contributed by atoms with van der Waals surface area (Å²) >= 11 is 0. The third kappa shape index (κ3) is 5.64. The van der Waals surface area contributed by atoms with Gasteiger partial charge in [0.05, 0.1) is 12.4 Å². The van der Waals surface area contributed by atoms with Crippen molar-refractivity contribution in [1.29, 1.82) is 0 Å². The summed E-state index contributed by atoms with van der Waals surface area (Å²) in [5, 5.41) is 6.05. The van der Waals surface area contributed by atoms with E-state index in [-0.39, 0.29) is 5.91 Å². The van der Waals surface area contributed by atoms with Crippen molar-refractivity contribution in [2.45, 2.75) is 0 Å². The average Bonchev–Trinajstić information content (AvgIpc) is 2.69. The molecule has 2 heterocycles. The number of likely N-dealkylation sites (N-methyl/N-ethyl adjacent to an activating group) is 2. The molecule has 0 bridgehead atoms. The standard InChI is InChI=1S/C20H29N7O/c1-25(2)9-8-21-19-15-22-18(14-23-19)20(28)24-16-4-6-17(7-5-16)27-12-10-26(3)11-13-27/h4-7,14-15H,8-13H2,1-3H3,(H,21,23)(H,24,28). The van der Waals surface area contributed by atoms with Crippen LogP contribution in [-0.4, -0.2) is 86.1 Å². The summed E-state index contributed by atoms with van der Waals surface area (Å²) in [6, 6.07) is 7.95. The molecule has 28 heavy (non-hydrogen) atoms. The van der Waals surface area contributed by atoms with Crippen LogP contribution in [0, 0.1) is 0 Å². The molecule has 0 atom stereocenters. The summed E-state index contributed by atoms with van der Waals surface area (Å²) in [6.07, 6.45) is 3.08. The fourth-order valence-corrected chi connectivity index (χ4v) is 2.96. The molecule has 0 radical (unpaired) electrons. The van der Waals surface area contributed by atoms with Gasteiger partial charge in [-0.1, -0.05) is 0 Å². The smallest absolute Gasteiger partial charge is 0.275 e. The highest BCUT2D eigenvalue weighted by atomic mass is 16.1. The molecule has 0 spiro atoms. The van der Waals surface area contributed by atoms with Gasteiger partial charge in [0.1, 0.15) is 11.5 Å². The summed E-state index contributed by atoms with van der Waals surface area (Å²) in [7, 11) is 6.17. The Morgan fingerprint density at radius 1 is 1.07 bits per heavy atom. The van der Waals surface area contributed by atoms with E-state index in [0.29, 0.717) is 11.5 Å². The van der Waals surface area contributed by atoms with E-state index < -0.39 is 0 Å². The van der Waals surface area contributed by atoms with E-state index in [1.807, 2.05) is 38.4 Å². The minimum atomic E-state index is -0.264. The van der Waals surface area contributed by atoms with Crippen LogP contribution in [0.1, 0.15) is 10.5 Å². The fraction of sp³-hybridized carbons (Fsp3) is 0.450. The van der Waals surface area contributed by atoms with Crippen LogP contribution < -0.4 is 15.5 Å². The number of nitrogens with zero attached hydrogens (tertiary/aromatic N) is 5. The van der Waals surface area contributed by atoms with E-state index in [1.165, 1.54) is 11.9 Å². The number of anilines is 3. The molecule has 1 aromatic carbocycles. The van der Waals surface area contributed by atoms with Crippen LogP contribution in [0.4, 0.5) is 17.2 Å². The largest absolute Gasteiger partial charge is 0.369 e. The van der Waals surface area contributed by atoms with Crippen molar-refractivity contribution >= 4 is 23.1 Å².